The SMILES string of the molecule is C#CCOC[C@H](O)C[NH+](CCOC)Cc1cccn1Cc1ccccc1. The molecule has 0 aliphatic carbocycles. The van der Waals surface area contributed by atoms with Crippen LogP contribution in [0.5, 0.6) is 0 Å². The lowest BCUT2D eigenvalue weighted by Crippen LogP contribution is -3.12. The van der Waals surface area contributed by atoms with Gasteiger partial charge < -0.3 is 24.0 Å². The number of terminal acetylenes is 1. The van der Waals surface area contributed by atoms with Gasteiger partial charge in [0.1, 0.15) is 32.3 Å². The summed E-state index contributed by atoms with van der Waals surface area (Å²) in [5, 5.41) is 10.2. The highest BCUT2D eigenvalue weighted by Gasteiger charge is 2.17. The molecule has 1 aromatic carbocycles. The highest BCUT2D eigenvalue weighted by molar-refractivity contribution is 5.17. The van der Waals surface area contributed by atoms with Gasteiger partial charge in [0.05, 0.1) is 18.9 Å². The summed E-state index contributed by atoms with van der Waals surface area (Å²) < 4.78 is 12.7. The Labute approximate surface area is 156 Å². The lowest BCUT2D eigenvalue weighted by Gasteiger charge is -2.23. The number of aliphatic hydroxyl groups excluding tert-OH is 1. The first-order valence-electron chi connectivity index (χ1n) is 8.92. The molecule has 26 heavy (non-hydrogen) atoms. The molecule has 0 aliphatic heterocycles. The quantitative estimate of drug-likeness (QED) is 0.432. The van der Waals surface area contributed by atoms with Gasteiger partial charge in [0, 0.05) is 19.9 Å². The van der Waals surface area contributed by atoms with Gasteiger partial charge in [-0.3, -0.25) is 0 Å². The van der Waals surface area contributed by atoms with E-state index >= 15 is 0 Å². The summed E-state index contributed by atoms with van der Waals surface area (Å²) in [5.41, 5.74) is 2.50. The number of methoxy groups -OCH3 is 1. The van der Waals surface area contributed by atoms with E-state index in [1.807, 2.05) is 6.07 Å². The van der Waals surface area contributed by atoms with Gasteiger partial charge in [-0.2, -0.15) is 0 Å². The number of hydrogen-bond donors (Lipinski definition) is 2. The number of quaternary nitrogens is 1. The molecular formula is C21H29N2O3+. The second-order valence-corrected chi connectivity index (χ2v) is 6.36. The molecule has 1 aromatic heterocycles. The molecule has 0 radical (unpaired) electrons. The molecule has 0 aliphatic rings. The zero-order valence-corrected chi connectivity index (χ0v) is 15.4. The van der Waals surface area contributed by atoms with Crippen molar-refractivity contribution in [3.63, 3.8) is 0 Å². The van der Waals surface area contributed by atoms with E-state index < -0.39 is 6.10 Å². The fourth-order valence-corrected chi connectivity index (χ4v) is 2.96. The zero-order chi connectivity index (χ0) is 18.6. The normalized spacial score (nSPS) is 13.3. The van der Waals surface area contributed by atoms with Gasteiger partial charge >= 0.3 is 0 Å². The van der Waals surface area contributed by atoms with E-state index in [4.69, 9.17) is 15.9 Å². The molecule has 0 fully saturated rings. The van der Waals surface area contributed by atoms with Crippen LogP contribution in [0.3, 0.4) is 0 Å². The molecule has 0 spiro atoms. The Bertz CT molecular complexity index is 663. The average Bonchev–Trinajstić information content (AvgIpc) is 3.07. The molecule has 0 saturated heterocycles. The predicted molar refractivity (Wildman–Crippen MR) is 102 cm³/mol. The number of benzene rings is 1. The van der Waals surface area contributed by atoms with Crippen molar-refractivity contribution in [2.45, 2.75) is 19.2 Å². The fourth-order valence-electron chi connectivity index (χ4n) is 2.96. The van der Waals surface area contributed by atoms with Crippen molar-refractivity contribution < 1.29 is 19.5 Å². The number of ether oxygens (including phenoxy) is 2. The van der Waals surface area contributed by atoms with Crippen molar-refractivity contribution in [3.8, 4) is 12.3 Å². The van der Waals surface area contributed by atoms with Crippen LogP contribution in [-0.4, -0.2) is 55.8 Å². The van der Waals surface area contributed by atoms with Gasteiger partial charge in [-0.05, 0) is 17.7 Å². The zero-order valence-electron chi connectivity index (χ0n) is 15.4. The van der Waals surface area contributed by atoms with E-state index in [1.165, 1.54) is 16.2 Å². The van der Waals surface area contributed by atoms with Crippen LogP contribution in [-0.2, 0) is 22.6 Å². The van der Waals surface area contributed by atoms with Crippen LogP contribution in [0.4, 0.5) is 0 Å². The van der Waals surface area contributed by atoms with Gasteiger partial charge in [-0.15, -0.1) is 6.42 Å². The Balaban J connectivity index is 1.97. The molecule has 0 amide bonds. The Morgan fingerprint density at radius 1 is 1.23 bits per heavy atom. The molecule has 1 heterocycles. The Hall–Kier alpha value is -2.10. The lowest BCUT2D eigenvalue weighted by atomic mass is 10.2. The number of aliphatic hydroxyl groups is 1. The Kier molecular flexibility index (Phi) is 8.94. The van der Waals surface area contributed by atoms with Gasteiger partial charge in [0.2, 0.25) is 0 Å². The predicted octanol–water partition coefficient (Wildman–Crippen LogP) is 0.578. The van der Waals surface area contributed by atoms with E-state index in [0.29, 0.717) is 13.2 Å². The second kappa shape index (κ2) is 11.5. The van der Waals surface area contributed by atoms with E-state index in [-0.39, 0.29) is 13.2 Å². The van der Waals surface area contributed by atoms with Crippen molar-refractivity contribution in [3.05, 3.63) is 59.9 Å². The second-order valence-electron chi connectivity index (χ2n) is 6.36. The first-order chi connectivity index (χ1) is 12.7. The maximum Gasteiger partial charge on any atom is 0.126 e. The van der Waals surface area contributed by atoms with Crippen LogP contribution in [0, 0.1) is 12.3 Å². The molecule has 1 unspecified atom stereocenters. The molecule has 0 saturated carbocycles. The Morgan fingerprint density at radius 2 is 2.04 bits per heavy atom. The van der Waals surface area contributed by atoms with E-state index in [9.17, 15) is 5.11 Å². The minimum atomic E-state index is -0.548. The summed E-state index contributed by atoms with van der Waals surface area (Å²) in [6.45, 7) is 4.19. The number of hydrogen-bond acceptors (Lipinski definition) is 3. The maximum atomic E-state index is 10.2. The molecule has 2 N–H and O–H groups in total. The number of nitrogens with zero attached hydrogens (tertiary/aromatic N) is 1. The summed E-state index contributed by atoms with van der Waals surface area (Å²) in [6, 6.07) is 14.6. The van der Waals surface area contributed by atoms with Crippen molar-refractivity contribution in [1.29, 1.82) is 0 Å². The minimum Gasteiger partial charge on any atom is -0.385 e. The highest BCUT2D eigenvalue weighted by atomic mass is 16.5. The van der Waals surface area contributed by atoms with E-state index in [2.05, 4.69) is 53.1 Å². The molecule has 2 atom stereocenters. The summed E-state index contributed by atoms with van der Waals surface area (Å²) in [6.07, 6.45) is 6.72. The smallest absolute Gasteiger partial charge is 0.126 e. The van der Waals surface area contributed by atoms with Gasteiger partial charge in [-0.1, -0.05) is 36.3 Å². The summed E-state index contributed by atoms with van der Waals surface area (Å²) >= 11 is 0. The fraction of sp³-hybridized carbons (Fsp3) is 0.429. The van der Waals surface area contributed by atoms with E-state index in [0.717, 1.165) is 19.6 Å². The monoisotopic (exact) mass is 357 g/mol. The summed E-state index contributed by atoms with van der Waals surface area (Å²) in [5.74, 6) is 2.41. The average molecular weight is 357 g/mol. The maximum absolute atomic E-state index is 10.2. The van der Waals surface area contributed by atoms with Crippen LogP contribution < -0.4 is 4.90 Å². The van der Waals surface area contributed by atoms with Crippen LogP contribution in [0.15, 0.2) is 48.7 Å². The van der Waals surface area contributed by atoms with Crippen LogP contribution in [0.25, 0.3) is 0 Å². The third kappa shape index (κ3) is 7.03. The lowest BCUT2D eigenvalue weighted by molar-refractivity contribution is -0.917. The molecule has 2 aromatic rings. The van der Waals surface area contributed by atoms with Crippen molar-refractivity contribution in [2.75, 3.05) is 40.0 Å². The third-order valence-electron chi connectivity index (χ3n) is 4.23. The standard InChI is InChI=1S/C21H28N2O3/c1-3-13-26-18-21(24)17-22(12-14-25-2)16-20-10-7-11-23(20)15-19-8-5-4-6-9-19/h1,4-11,21,24H,12-18H2,2H3/p+1/t21-/m1/s1. The highest BCUT2D eigenvalue weighted by Crippen LogP contribution is 2.07. The molecular weight excluding hydrogens is 328 g/mol. The molecule has 5 heteroatoms. The molecule has 0 bridgehead atoms. The van der Waals surface area contributed by atoms with Crippen LogP contribution in [0.1, 0.15) is 11.3 Å². The molecule has 140 valence electrons. The summed E-state index contributed by atoms with van der Waals surface area (Å²) in [4.78, 5) is 1.25. The molecule has 2 rings (SSSR count). The number of rotatable bonds is 12. The first-order valence-corrected chi connectivity index (χ1v) is 8.92. The minimum absolute atomic E-state index is 0.227. The number of aromatic nitrogens is 1. The molecule has 5 nitrogen and oxygen atoms in total. The van der Waals surface area contributed by atoms with Crippen molar-refractivity contribution in [1.82, 2.24) is 4.57 Å². The Morgan fingerprint density at radius 3 is 2.77 bits per heavy atom. The summed E-state index contributed by atoms with van der Waals surface area (Å²) in [7, 11) is 1.70. The van der Waals surface area contributed by atoms with Crippen molar-refractivity contribution in [2.24, 2.45) is 0 Å². The van der Waals surface area contributed by atoms with Crippen molar-refractivity contribution >= 4 is 0 Å². The topological polar surface area (TPSA) is 48.1 Å². The van der Waals surface area contributed by atoms with Gasteiger partial charge in [0.25, 0.3) is 0 Å². The largest absolute Gasteiger partial charge is 0.385 e. The third-order valence-corrected chi connectivity index (χ3v) is 4.23. The number of nitrogens with one attached hydrogen (secondary N) is 1. The van der Waals surface area contributed by atoms with E-state index in [1.54, 1.807) is 7.11 Å². The van der Waals surface area contributed by atoms with Crippen LogP contribution >= 0.6 is 0 Å². The van der Waals surface area contributed by atoms with Gasteiger partial charge in [-0.25, -0.2) is 0 Å². The first kappa shape index (κ1) is 20.2. The van der Waals surface area contributed by atoms with Gasteiger partial charge in [0.15, 0.2) is 0 Å². The van der Waals surface area contributed by atoms with Crippen LogP contribution in [0.2, 0.25) is 0 Å².